The largest absolute Gasteiger partial charge is 0.460 e. The third-order valence-electron chi connectivity index (χ3n) is 5.21. The van der Waals surface area contributed by atoms with Gasteiger partial charge in [-0.05, 0) is 6.42 Å². The number of unbranched alkanes of at least 4 members (excludes halogenated alkanes) is 5. The molecule has 0 radical (unpaired) electrons. The molecule has 1 saturated heterocycles. The Labute approximate surface area is 194 Å². The van der Waals surface area contributed by atoms with Gasteiger partial charge in [0.1, 0.15) is 31.5 Å². The molecule has 1 heterocycles. The molecule has 10 heteroatoms. The maximum Gasteiger partial charge on any atom is 0.330 e. The number of nitrogens with zero attached hydrogens (tertiary/aromatic N) is 2. The van der Waals surface area contributed by atoms with Crippen LogP contribution in [0.25, 0.3) is 0 Å². The quantitative estimate of drug-likeness (QED) is 0.142. The van der Waals surface area contributed by atoms with Crippen molar-refractivity contribution in [3.63, 3.8) is 0 Å². The monoisotopic (exact) mass is 468 g/mol. The van der Waals surface area contributed by atoms with Crippen molar-refractivity contribution in [3.8, 4) is 0 Å². The molecule has 0 aromatic rings. The SMILES string of the molecule is C=CC(=O)OCC(O)CN1C(=O)C(CCCCCCCC)N(CC(O)COC(=O)C=C)C1=O. The smallest absolute Gasteiger partial charge is 0.330 e. The first-order valence-electron chi connectivity index (χ1n) is 11.3. The van der Waals surface area contributed by atoms with Gasteiger partial charge in [-0.15, -0.1) is 0 Å². The number of ether oxygens (including phenoxy) is 2. The van der Waals surface area contributed by atoms with E-state index < -0.39 is 48.7 Å². The average Bonchev–Trinajstić information content (AvgIpc) is 3.01. The number of carbonyl (C=O) groups excluding carboxylic acids is 4. The highest BCUT2D eigenvalue weighted by Gasteiger charge is 2.45. The van der Waals surface area contributed by atoms with E-state index in [4.69, 9.17) is 9.47 Å². The van der Waals surface area contributed by atoms with Crippen LogP contribution in [-0.2, 0) is 23.9 Å². The molecule has 186 valence electrons. The van der Waals surface area contributed by atoms with E-state index in [1.165, 1.54) is 4.90 Å². The second-order valence-corrected chi connectivity index (χ2v) is 7.93. The number of amides is 3. The van der Waals surface area contributed by atoms with Crippen LogP contribution in [0.4, 0.5) is 4.79 Å². The van der Waals surface area contributed by atoms with E-state index in [2.05, 4.69) is 20.1 Å². The van der Waals surface area contributed by atoms with Crippen LogP contribution >= 0.6 is 0 Å². The summed E-state index contributed by atoms with van der Waals surface area (Å²) in [6.45, 7) is 7.33. The van der Waals surface area contributed by atoms with Gasteiger partial charge in [0.15, 0.2) is 0 Å². The van der Waals surface area contributed by atoms with Crippen molar-refractivity contribution in [1.82, 2.24) is 9.80 Å². The van der Waals surface area contributed by atoms with Crippen LogP contribution in [0.1, 0.15) is 51.9 Å². The molecule has 3 amide bonds. The van der Waals surface area contributed by atoms with Crippen molar-refractivity contribution in [1.29, 1.82) is 0 Å². The summed E-state index contributed by atoms with van der Waals surface area (Å²) in [6.07, 6.45) is 5.87. The molecule has 3 atom stereocenters. The third-order valence-corrected chi connectivity index (χ3v) is 5.21. The van der Waals surface area contributed by atoms with Crippen molar-refractivity contribution in [2.24, 2.45) is 0 Å². The summed E-state index contributed by atoms with van der Waals surface area (Å²) in [4.78, 5) is 50.4. The Bertz CT molecular complexity index is 696. The molecule has 3 unspecified atom stereocenters. The lowest BCUT2D eigenvalue weighted by atomic mass is 10.0. The number of β-amino-alcohol motifs (C(OH)–C–C–N with tert-alkyl or cyclic N) is 2. The zero-order chi connectivity index (χ0) is 24.8. The van der Waals surface area contributed by atoms with Crippen LogP contribution in [0.2, 0.25) is 0 Å². The summed E-state index contributed by atoms with van der Waals surface area (Å²) >= 11 is 0. The molecule has 1 fully saturated rings. The lowest BCUT2D eigenvalue weighted by molar-refractivity contribution is -0.142. The second kappa shape index (κ2) is 15.2. The van der Waals surface area contributed by atoms with Gasteiger partial charge in [-0.3, -0.25) is 9.69 Å². The maximum absolute atomic E-state index is 13.0. The molecular weight excluding hydrogens is 432 g/mol. The zero-order valence-electron chi connectivity index (χ0n) is 19.3. The van der Waals surface area contributed by atoms with Gasteiger partial charge in [-0.25, -0.2) is 14.4 Å². The van der Waals surface area contributed by atoms with Gasteiger partial charge in [0.25, 0.3) is 5.91 Å². The number of urea groups is 1. The highest BCUT2D eigenvalue weighted by molar-refractivity contribution is 6.04. The van der Waals surface area contributed by atoms with Gasteiger partial charge in [0.05, 0.1) is 13.1 Å². The van der Waals surface area contributed by atoms with Crippen molar-refractivity contribution >= 4 is 23.9 Å². The van der Waals surface area contributed by atoms with Crippen molar-refractivity contribution in [3.05, 3.63) is 25.3 Å². The summed E-state index contributed by atoms with van der Waals surface area (Å²) in [7, 11) is 0. The Morgan fingerprint density at radius 2 is 1.45 bits per heavy atom. The molecule has 0 aliphatic carbocycles. The van der Waals surface area contributed by atoms with Crippen LogP contribution in [0, 0.1) is 0 Å². The topological polar surface area (TPSA) is 134 Å². The zero-order valence-corrected chi connectivity index (χ0v) is 19.3. The van der Waals surface area contributed by atoms with Crippen molar-refractivity contribution in [2.45, 2.75) is 70.1 Å². The third kappa shape index (κ3) is 9.75. The molecule has 0 bridgehead atoms. The first-order valence-corrected chi connectivity index (χ1v) is 11.3. The predicted molar refractivity (Wildman–Crippen MR) is 120 cm³/mol. The van der Waals surface area contributed by atoms with Crippen LogP contribution in [0.15, 0.2) is 25.3 Å². The average molecular weight is 469 g/mol. The Balaban J connectivity index is 2.79. The number of imide groups is 1. The number of hydrogen-bond acceptors (Lipinski definition) is 8. The number of rotatable bonds is 17. The Morgan fingerprint density at radius 1 is 0.939 bits per heavy atom. The number of aliphatic hydroxyl groups excluding tert-OH is 2. The molecule has 1 rings (SSSR count). The Kier molecular flexibility index (Phi) is 13.0. The predicted octanol–water partition coefficient (Wildman–Crippen LogP) is 1.55. The fraction of sp³-hybridized carbons (Fsp3) is 0.652. The summed E-state index contributed by atoms with van der Waals surface area (Å²) in [5.41, 5.74) is 0. The van der Waals surface area contributed by atoms with E-state index in [1.807, 2.05) is 0 Å². The molecule has 0 saturated carbocycles. The normalized spacial score (nSPS) is 17.6. The summed E-state index contributed by atoms with van der Waals surface area (Å²) in [5.74, 6) is -1.92. The van der Waals surface area contributed by atoms with Crippen LogP contribution in [0.5, 0.6) is 0 Å². The number of hydrogen-bond donors (Lipinski definition) is 2. The van der Waals surface area contributed by atoms with Gasteiger partial charge >= 0.3 is 18.0 Å². The fourth-order valence-electron chi connectivity index (χ4n) is 3.48. The number of esters is 2. The summed E-state index contributed by atoms with van der Waals surface area (Å²) in [6, 6.07) is -1.46. The Morgan fingerprint density at radius 3 is 2.00 bits per heavy atom. The standard InChI is InChI=1S/C23H36N2O8/c1-4-7-8-9-10-11-12-19-22(30)25(14-18(27)16-33-21(29)6-3)23(31)24(19)13-17(26)15-32-20(28)5-2/h5-6,17-19,26-27H,2-4,7-16H2,1H3. The second-order valence-electron chi connectivity index (χ2n) is 7.93. The van der Waals surface area contributed by atoms with Crippen molar-refractivity contribution < 1.29 is 38.9 Å². The minimum atomic E-state index is -1.27. The molecule has 10 nitrogen and oxygen atoms in total. The summed E-state index contributed by atoms with van der Waals surface area (Å²) in [5, 5.41) is 20.4. The van der Waals surface area contributed by atoms with E-state index in [-0.39, 0.29) is 19.7 Å². The van der Waals surface area contributed by atoms with Crippen LogP contribution in [0.3, 0.4) is 0 Å². The highest BCUT2D eigenvalue weighted by atomic mass is 16.5. The van der Waals surface area contributed by atoms with E-state index in [0.717, 1.165) is 55.6 Å². The molecule has 0 aromatic carbocycles. The molecule has 33 heavy (non-hydrogen) atoms. The first-order chi connectivity index (χ1) is 15.7. The first kappa shape index (κ1) is 28.3. The molecule has 1 aliphatic heterocycles. The fourth-order valence-corrected chi connectivity index (χ4v) is 3.48. The summed E-state index contributed by atoms with van der Waals surface area (Å²) < 4.78 is 9.58. The van der Waals surface area contributed by atoms with Gasteiger partial charge in [-0.2, -0.15) is 0 Å². The maximum atomic E-state index is 13.0. The highest BCUT2D eigenvalue weighted by Crippen LogP contribution is 2.23. The van der Waals surface area contributed by atoms with Gasteiger partial charge in [0.2, 0.25) is 0 Å². The van der Waals surface area contributed by atoms with E-state index >= 15 is 0 Å². The molecule has 0 spiro atoms. The lowest BCUT2D eigenvalue weighted by Crippen LogP contribution is -2.43. The van der Waals surface area contributed by atoms with Crippen LogP contribution < -0.4 is 0 Å². The minimum absolute atomic E-state index is 0.215. The van der Waals surface area contributed by atoms with Gasteiger partial charge in [0, 0.05) is 12.2 Å². The molecule has 0 aromatic heterocycles. The molecule has 2 N–H and O–H groups in total. The van der Waals surface area contributed by atoms with Gasteiger partial charge < -0.3 is 24.6 Å². The number of carbonyl (C=O) groups is 4. The van der Waals surface area contributed by atoms with E-state index in [0.29, 0.717) is 6.42 Å². The van der Waals surface area contributed by atoms with E-state index in [9.17, 15) is 29.4 Å². The number of aliphatic hydroxyl groups is 2. The van der Waals surface area contributed by atoms with Gasteiger partial charge in [-0.1, -0.05) is 58.6 Å². The molecule has 1 aliphatic rings. The van der Waals surface area contributed by atoms with Crippen LogP contribution in [-0.4, -0.2) is 88.4 Å². The lowest BCUT2D eigenvalue weighted by Gasteiger charge is -2.24. The van der Waals surface area contributed by atoms with Crippen molar-refractivity contribution in [2.75, 3.05) is 26.3 Å². The minimum Gasteiger partial charge on any atom is -0.460 e. The van der Waals surface area contributed by atoms with E-state index in [1.54, 1.807) is 0 Å². The Hall–Kier alpha value is -2.72. The molecular formula is C23H36N2O8.